The largest absolute Gasteiger partial charge is 0.348 e. The summed E-state index contributed by atoms with van der Waals surface area (Å²) in [5, 5.41) is 11.7. The summed E-state index contributed by atoms with van der Waals surface area (Å²) in [5.74, 6) is -0.291. The second-order valence-electron chi connectivity index (χ2n) is 3.30. The molecule has 1 rings (SSSR count). The van der Waals surface area contributed by atoms with Crippen LogP contribution >= 0.6 is 11.6 Å². The molecule has 1 aromatic heterocycles. The molecule has 0 aliphatic heterocycles. The summed E-state index contributed by atoms with van der Waals surface area (Å²) in [6.07, 6.45) is 3.93. The minimum Gasteiger partial charge on any atom is -0.348 e. The number of nitriles is 1. The Bertz CT molecular complexity index is 414. The maximum absolute atomic E-state index is 11.8. The first kappa shape index (κ1) is 12.5. The second-order valence-corrected chi connectivity index (χ2v) is 3.70. The van der Waals surface area contributed by atoms with E-state index in [1.165, 1.54) is 12.4 Å². The van der Waals surface area contributed by atoms with Gasteiger partial charge in [0.05, 0.1) is 23.1 Å². The van der Waals surface area contributed by atoms with Gasteiger partial charge < -0.3 is 5.32 Å². The Morgan fingerprint density at radius 1 is 1.75 bits per heavy atom. The molecule has 0 spiro atoms. The molecule has 0 radical (unpaired) electrons. The summed E-state index contributed by atoms with van der Waals surface area (Å²) < 4.78 is 0. The van der Waals surface area contributed by atoms with Crippen LogP contribution in [0.25, 0.3) is 0 Å². The zero-order chi connectivity index (χ0) is 12.0. The van der Waals surface area contributed by atoms with Gasteiger partial charge in [-0.05, 0) is 12.5 Å². The Morgan fingerprint density at radius 3 is 3.06 bits per heavy atom. The van der Waals surface area contributed by atoms with Gasteiger partial charge in [0, 0.05) is 18.4 Å². The van der Waals surface area contributed by atoms with Crippen molar-refractivity contribution >= 4 is 17.5 Å². The van der Waals surface area contributed by atoms with Gasteiger partial charge in [0.25, 0.3) is 5.91 Å². The number of amides is 1. The summed E-state index contributed by atoms with van der Waals surface area (Å²) in [6, 6.07) is 3.44. The molecule has 1 unspecified atom stereocenters. The molecule has 0 fully saturated rings. The summed E-state index contributed by atoms with van der Waals surface area (Å²) in [4.78, 5) is 15.6. The van der Waals surface area contributed by atoms with Crippen molar-refractivity contribution in [3.63, 3.8) is 0 Å². The molecule has 84 valence electrons. The van der Waals surface area contributed by atoms with Crippen molar-refractivity contribution in [2.75, 3.05) is 0 Å². The molecule has 0 bridgehead atoms. The average Bonchev–Trinajstić information content (AvgIpc) is 2.28. The monoisotopic (exact) mass is 237 g/mol. The summed E-state index contributed by atoms with van der Waals surface area (Å²) in [5.41, 5.74) is 0.334. The van der Waals surface area contributed by atoms with E-state index in [9.17, 15) is 4.79 Å². The number of halogens is 1. The Hall–Kier alpha value is -1.60. The Labute approximate surface area is 99.2 Å². The molecule has 0 saturated carbocycles. The highest BCUT2D eigenvalue weighted by Gasteiger charge is 2.14. The summed E-state index contributed by atoms with van der Waals surface area (Å²) in [7, 11) is 0. The third kappa shape index (κ3) is 3.21. The molecule has 0 aliphatic rings. The van der Waals surface area contributed by atoms with Crippen LogP contribution in [0.15, 0.2) is 18.5 Å². The molecular weight excluding hydrogens is 226 g/mol. The van der Waals surface area contributed by atoms with Crippen LogP contribution in [0, 0.1) is 11.3 Å². The van der Waals surface area contributed by atoms with Crippen molar-refractivity contribution in [1.82, 2.24) is 10.3 Å². The minimum atomic E-state index is -0.291. The van der Waals surface area contributed by atoms with Gasteiger partial charge in [-0.25, -0.2) is 0 Å². The zero-order valence-corrected chi connectivity index (χ0v) is 9.66. The molecule has 0 aromatic carbocycles. The SMILES string of the molecule is CCC(CC#N)NC(=O)c1cnccc1Cl. The molecule has 0 aliphatic carbocycles. The third-order valence-corrected chi connectivity index (χ3v) is 2.51. The fourth-order valence-corrected chi connectivity index (χ4v) is 1.41. The number of aromatic nitrogens is 1. The highest BCUT2D eigenvalue weighted by atomic mass is 35.5. The van der Waals surface area contributed by atoms with E-state index in [0.29, 0.717) is 23.4 Å². The van der Waals surface area contributed by atoms with E-state index in [0.717, 1.165) is 0 Å². The lowest BCUT2D eigenvalue weighted by Crippen LogP contribution is -2.34. The Balaban J connectivity index is 2.73. The second kappa shape index (κ2) is 6.09. The third-order valence-electron chi connectivity index (χ3n) is 2.18. The maximum Gasteiger partial charge on any atom is 0.254 e. The van der Waals surface area contributed by atoms with E-state index in [1.54, 1.807) is 6.07 Å². The highest BCUT2D eigenvalue weighted by molar-refractivity contribution is 6.33. The van der Waals surface area contributed by atoms with Crippen molar-refractivity contribution in [2.24, 2.45) is 0 Å². The summed E-state index contributed by atoms with van der Waals surface area (Å²) in [6.45, 7) is 1.91. The number of hydrogen-bond acceptors (Lipinski definition) is 3. The molecule has 0 saturated heterocycles. The van der Waals surface area contributed by atoms with E-state index < -0.39 is 0 Å². The van der Waals surface area contributed by atoms with E-state index in [2.05, 4.69) is 10.3 Å². The van der Waals surface area contributed by atoms with Gasteiger partial charge in [-0.3, -0.25) is 9.78 Å². The van der Waals surface area contributed by atoms with Gasteiger partial charge in [0.1, 0.15) is 0 Å². The van der Waals surface area contributed by atoms with Gasteiger partial charge in [0.2, 0.25) is 0 Å². The standard InChI is InChI=1S/C11H12ClN3O/c1-2-8(3-5-13)15-11(16)9-7-14-6-4-10(9)12/h4,6-8H,2-3H2,1H3,(H,15,16). The number of carbonyl (C=O) groups excluding carboxylic acids is 1. The number of carbonyl (C=O) groups is 1. The first-order valence-electron chi connectivity index (χ1n) is 4.96. The van der Waals surface area contributed by atoms with Crippen LogP contribution < -0.4 is 5.32 Å². The molecule has 16 heavy (non-hydrogen) atoms. The van der Waals surface area contributed by atoms with Crippen LogP contribution in [-0.2, 0) is 0 Å². The van der Waals surface area contributed by atoms with Crippen molar-refractivity contribution in [3.05, 3.63) is 29.0 Å². The molecule has 1 heterocycles. The number of hydrogen-bond donors (Lipinski definition) is 1. The van der Waals surface area contributed by atoms with Gasteiger partial charge in [-0.2, -0.15) is 5.26 Å². The molecule has 1 amide bonds. The number of nitrogens with zero attached hydrogens (tertiary/aromatic N) is 2. The van der Waals surface area contributed by atoms with Crippen LogP contribution in [-0.4, -0.2) is 16.9 Å². The fraction of sp³-hybridized carbons (Fsp3) is 0.364. The van der Waals surface area contributed by atoms with E-state index in [4.69, 9.17) is 16.9 Å². The molecule has 4 nitrogen and oxygen atoms in total. The first-order chi connectivity index (χ1) is 7.69. The molecule has 1 N–H and O–H groups in total. The van der Waals surface area contributed by atoms with Crippen LogP contribution in [0.3, 0.4) is 0 Å². The molecule has 5 heteroatoms. The lowest BCUT2D eigenvalue weighted by molar-refractivity contribution is 0.0936. The minimum absolute atomic E-state index is 0.145. The molecule has 1 atom stereocenters. The van der Waals surface area contributed by atoms with Crippen molar-refractivity contribution < 1.29 is 4.79 Å². The van der Waals surface area contributed by atoms with E-state index in [-0.39, 0.29) is 11.9 Å². The number of pyridine rings is 1. The lowest BCUT2D eigenvalue weighted by atomic mass is 10.1. The van der Waals surface area contributed by atoms with Crippen molar-refractivity contribution in [1.29, 1.82) is 5.26 Å². The topological polar surface area (TPSA) is 65.8 Å². The van der Waals surface area contributed by atoms with E-state index >= 15 is 0 Å². The van der Waals surface area contributed by atoms with Gasteiger partial charge >= 0.3 is 0 Å². The van der Waals surface area contributed by atoms with Gasteiger partial charge in [-0.1, -0.05) is 18.5 Å². The normalized spacial score (nSPS) is 11.6. The van der Waals surface area contributed by atoms with Crippen LogP contribution in [0.5, 0.6) is 0 Å². The maximum atomic E-state index is 11.8. The lowest BCUT2D eigenvalue weighted by Gasteiger charge is -2.13. The smallest absolute Gasteiger partial charge is 0.254 e. The van der Waals surface area contributed by atoms with Crippen LogP contribution in [0.4, 0.5) is 0 Å². The van der Waals surface area contributed by atoms with Crippen molar-refractivity contribution in [2.45, 2.75) is 25.8 Å². The Morgan fingerprint density at radius 2 is 2.50 bits per heavy atom. The molecule has 1 aromatic rings. The average molecular weight is 238 g/mol. The predicted molar refractivity (Wildman–Crippen MR) is 61.0 cm³/mol. The van der Waals surface area contributed by atoms with Crippen LogP contribution in [0.1, 0.15) is 30.1 Å². The highest BCUT2D eigenvalue weighted by Crippen LogP contribution is 2.13. The van der Waals surface area contributed by atoms with Gasteiger partial charge in [-0.15, -0.1) is 0 Å². The predicted octanol–water partition coefficient (Wildman–Crippen LogP) is 2.16. The number of rotatable bonds is 4. The number of nitrogens with one attached hydrogen (secondary N) is 1. The van der Waals surface area contributed by atoms with Crippen molar-refractivity contribution in [3.8, 4) is 6.07 Å². The zero-order valence-electron chi connectivity index (χ0n) is 8.90. The quantitative estimate of drug-likeness (QED) is 0.873. The fourth-order valence-electron chi connectivity index (χ4n) is 1.22. The first-order valence-corrected chi connectivity index (χ1v) is 5.34. The molecular formula is C11H12ClN3O. The van der Waals surface area contributed by atoms with Gasteiger partial charge in [0.15, 0.2) is 0 Å². The summed E-state index contributed by atoms with van der Waals surface area (Å²) >= 11 is 5.86. The van der Waals surface area contributed by atoms with E-state index in [1.807, 2.05) is 13.0 Å². The van der Waals surface area contributed by atoms with Crippen LogP contribution in [0.2, 0.25) is 5.02 Å². The Kier molecular flexibility index (Phi) is 4.74.